The van der Waals surface area contributed by atoms with E-state index in [0.29, 0.717) is 40.0 Å². The van der Waals surface area contributed by atoms with E-state index in [0.717, 1.165) is 30.3 Å². The van der Waals surface area contributed by atoms with E-state index in [1.54, 1.807) is 19.9 Å². The van der Waals surface area contributed by atoms with E-state index in [2.05, 4.69) is 15.9 Å². The number of halogens is 17. The van der Waals surface area contributed by atoms with E-state index in [-0.39, 0.29) is 214 Å². The number of fused-ring (bicyclic) bond motifs is 3. The SMILES string of the molecule is CCOC(=O)Cc1ccc(F)cc1OCc1cc(-c2cccc(CN)c2F)c2occ(C(F)(F)F)c2c1.CCOC(=O)Cc1ccc(F)cc1OCc1cc(Br)c2occ(C(F)(F)F)c2c1.Cl.NCc1cccc(-c2cc(COc3cc(F)ccc3CC(=O)O)cc3c(C(F)(F)F)coc23)c1F.NCc1cccc(B(O)O)c1F.[Li+].[OH-]. The summed E-state index contributed by atoms with van der Waals surface area (Å²) in [7, 11) is -1.78. The summed E-state index contributed by atoms with van der Waals surface area (Å²) in [5.74, 6) is -6.08. The molecule has 0 aliphatic carbocycles. The Hall–Kier alpha value is -10.4. The third-order valence-corrected chi connectivity index (χ3v) is 17.3. The molecule has 18 nitrogen and oxygen atoms in total. The van der Waals surface area contributed by atoms with Crippen molar-refractivity contribution in [3.8, 4) is 39.5 Å². The predicted octanol–water partition coefficient (Wildman–Crippen LogP) is 14.9. The van der Waals surface area contributed by atoms with Gasteiger partial charge in [-0.1, -0.05) is 72.8 Å². The van der Waals surface area contributed by atoms with Gasteiger partial charge in [0.2, 0.25) is 0 Å². The third kappa shape index (κ3) is 23.7. The van der Waals surface area contributed by atoms with Crippen molar-refractivity contribution in [1.82, 2.24) is 0 Å². The molecule has 0 bridgehead atoms. The molecular formula is C79H66BBrClF15LiN3O15. The number of nitrogens with two attached hydrogens (primary N) is 3. The average molecular weight is 1720 g/mol. The molecule has 0 fully saturated rings. The second-order valence-corrected chi connectivity index (χ2v) is 25.3. The van der Waals surface area contributed by atoms with Crippen LogP contribution in [0.1, 0.15) is 80.6 Å². The second-order valence-electron chi connectivity index (χ2n) is 24.5. The van der Waals surface area contributed by atoms with Crippen molar-refractivity contribution in [2.75, 3.05) is 13.2 Å². The summed E-state index contributed by atoms with van der Waals surface area (Å²) in [5, 5.41) is 25.8. The number of hydrogen-bond donors (Lipinski definition) is 6. The number of aliphatic carboxylic acids is 1. The molecule has 0 aliphatic heterocycles. The van der Waals surface area contributed by atoms with Gasteiger partial charge < -0.3 is 74.8 Å². The second kappa shape index (κ2) is 41.4. The van der Waals surface area contributed by atoms with E-state index in [1.165, 1.54) is 109 Å². The van der Waals surface area contributed by atoms with Crippen LogP contribution in [0, 0.1) is 34.9 Å². The Bertz CT molecular complexity index is 5440. The number of carbonyl (C=O) groups is 3. The fourth-order valence-corrected chi connectivity index (χ4v) is 12.1. The molecule has 0 saturated carbocycles. The summed E-state index contributed by atoms with van der Waals surface area (Å²) in [6.45, 7) is 2.70. The number of furan rings is 3. The molecule has 3 aromatic heterocycles. The van der Waals surface area contributed by atoms with Crippen molar-refractivity contribution >= 4 is 91.7 Å². The minimum Gasteiger partial charge on any atom is -0.870 e. The molecule has 0 atom stereocenters. The fourth-order valence-electron chi connectivity index (χ4n) is 11.5. The summed E-state index contributed by atoms with van der Waals surface area (Å²) in [5.41, 5.74) is 15.5. The van der Waals surface area contributed by atoms with Gasteiger partial charge in [-0.05, 0) is 101 Å². The first-order chi connectivity index (χ1) is 53.5. The zero-order valence-corrected chi connectivity index (χ0v) is 63.3. The van der Waals surface area contributed by atoms with Gasteiger partial charge in [0, 0.05) is 115 Å². The Morgan fingerprint density at radius 2 is 0.767 bits per heavy atom. The van der Waals surface area contributed by atoms with Crippen molar-refractivity contribution in [3.05, 3.63) is 271 Å². The first-order valence-corrected chi connectivity index (χ1v) is 34.4. The Balaban J connectivity index is 0.000000250. The molecule has 0 spiro atoms. The van der Waals surface area contributed by atoms with Gasteiger partial charge in [-0.15, -0.1) is 12.4 Å². The predicted molar refractivity (Wildman–Crippen MR) is 395 cm³/mol. The van der Waals surface area contributed by atoms with Gasteiger partial charge in [0.15, 0.2) is 0 Å². The summed E-state index contributed by atoms with van der Waals surface area (Å²) in [6.07, 6.45) is -13.0. The van der Waals surface area contributed by atoms with Crippen LogP contribution in [-0.4, -0.2) is 58.9 Å². The summed E-state index contributed by atoms with van der Waals surface area (Å²) < 4.78 is 248. The van der Waals surface area contributed by atoms with E-state index >= 15 is 8.78 Å². The van der Waals surface area contributed by atoms with E-state index < -0.39 is 102 Å². The molecule has 12 aromatic rings. The standard InChI is InChI=1S/C27H22F5NO4.C25H18F5NO4.C20H15BrF4O4.C7H9BFNO2.ClH.Li.H2O/c1-2-35-24(34)10-16-6-7-18(28)11-23(16)36-13-15-8-20(19-5-3-4-17(12-33)25(19)29)26-21(9-15)22(14-37-26)27(30,31)32;26-16-5-4-14(8-22(32)33)21(9-16)34-11-13-6-18(17-3-1-2-15(10-31)23(17)27)24-19(7-13)20(12-35-24)25(28,29)30;1-2-27-18(26)7-12-3-4-13(22)8-17(12)28-9-11-5-14-15(20(23,24)25)10-29-19(14)16(21)6-11;9-7-5(4-10)2-1-3-6(7)8(11)12;;;/h3-9,11,14H,2,10,12-13,33H2,1H3;1-7,9,12H,8,10-11,31H2,(H,32,33);3-6,8,10H,2,7,9H2,1H3;1-3,11-12H,4,10H2;1H;;1H2/q;;;;;+1;/p-1. The van der Waals surface area contributed by atoms with Crippen LogP contribution in [0.5, 0.6) is 17.2 Å². The Morgan fingerprint density at radius 3 is 1.10 bits per heavy atom. The van der Waals surface area contributed by atoms with Gasteiger partial charge in [-0.25, -0.2) is 26.3 Å². The van der Waals surface area contributed by atoms with Gasteiger partial charge in [0.1, 0.15) is 124 Å². The minimum absolute atomic E-state index is 0. The molecule has 10 N–H and O–H groups in total. The van der Waals surface area contributed by atoms with Crippen LogP contribution in [0.2, 0.25) is 0 Å². The molecule has 3 heterocycles. The van der Waals surface area contributed by atoms with Gasteiger partial charge in [0.05, 0.1) is 36.9 Å². The van der Waals surface area contributed by atoms with Gasteiger partial charge >= 0.3 is 62.4 Å². The molecule has 0 saturated heterocycles. The molecule has 37 heteroatoms. The first kappa shape index (κ1) is 94.4. The zero-order valence-electron chi connectivity index (χ0n) is 60.9. The maximum absolute atomic E-state index is 15.1. The number of benzene rings is 9. The fraction of sp³-hybridized carbons (Fsp3) is 0.203. The summed E-state index contributed by atoms with van der Waals surface area (Å²) in [6, 6.07) is 31.8. The van der Waals surface area contributed by atoms with Crippen LogP contribution >= 0.6 is 28.3 Å². The third-order valence-electron chi connectivity index (χ3n) is 16.7. The first-order valence-electron chi connectivity index (χ1n) is 33.6. The molecule has 116 heavy (non-hydrogen) atoms. The Labute approximate surface area is 676 Å². The van der Waals surface area contributed by atoms with E-state index in [1.807, 2.05) is 0 Å². The average Bonchev–Trinajstić information content (AvgIpc) is 1.59. The van der Waals surface area contributed by atoms with Crippen LogP contribution in [0.25, 0.3) is 55.2 Å². The van der Waals surface area contributed by atoms with Gasteiger partial charge in [-0.3, -0.25) is 14.4 Å². The monoisotopic (exact) mass is 1710 g/mol. The van der Waals surface area contributed by atoms with Crippen LogP contribution in [-0.2, 0) is 101 Å². The number of carboxylic acids is 1. The normalized spacial score (nSPS) is 11.2. The Kier molecular flexibility index (Phi) is 33.7. The smallest absolute Gasteiger partial charge is 0.870 e. The maximum Gasteiger partial charge on any atom is 1.00 e. The molecular weight excluding hydrogens is 1650 g/mol. The number of esters is 2. The number of alkyl halides is 9. The van der Waals surface area contributed by atoms with Crippen molar-refractivity contribution in [3.63, 3.8) is 0 Å². The number of carbonyl (C=O) groups excluding carboxylic acids is 2. The maximum atomic E-state index is 15.1. The molecule has 9 aromatic carbocycles. The molecule has 0 radical (unpaired) electrons. The molecule has 12 rings (SSSR count). The molecule has 610 valence electrons. The van der Waals surface area contributed by atoms with E-state index in [9.17, 15) is 71.5 Å². The minimum atomic E-state index is -4.74. The van der Waals surface area contributed by atoms with Gasteiger partial charge in [-0.2, -0.15) is 39.5 Å². The summed E-state index contributed by atoms with van der Waals surface area (Å²) in [4.78, 5) is 34.8. The zero-order chi connectivity index (χ0) is 82.4. The van der Waals surface area contributed by atoms with Crippen molar-refractivity contribution in [2.24, 2.45) is 17.2 Å². The van der Waals surface area contributed by atoms with E-state index in [4.69, 9.17) is 69.3 Å². The van der Waals surface area contributed by atoms with Gasteiger partial charge in [0.25, 0.3) is 0 Å². The van der Waals surface area contributed by atoms with Crippen LogP contribution in [0.4, 0.5) is 65.9 Å². The quantitative estimate of drug-likeness (QED) is 0.0197. The molecule has 0 unspecified atom stereocenters. The molecule has 0 aliphatic rings. The van der Waals surface area contributed by atoms with Crippen LogP contribution in [0.15, 0.2) is 182 Å². The van der Waals surface area contributed by atoms with Crippen LogP contribution < -0.4 is 55.7 Å². The number of rotatable bonds is 23. The van der Waals surface area contributed by atoms with Crippen molar-refractivity contribution < 1.29 is 157 Å². The number of carboxylic acid groups (broad SMARTS) is 1. The van der Waals surface area contributed by atoms with Crippen molar-refractivity contribution in [2.45, 2.75) is 91.1 Å². The van der Waals surface area contributed by atoms with Crippen LogP contribution in [0.3, 0.4) is 0 Å². The largest absolute Gasteiger partial charge is 1.00 e. The number of ether oxygens (including phenoxy) is 5. The Morgan fingerprint density at radius 1 is 0.440 bits per heavy atom. The summed E-state index contributed by atoms with van der Waals surface area (Å²) >= 11 is 3.19. The number of hydrogen-bond acceptors (Lipinski definition) is 17. The topological polar surface area (TPSA) is 306 Å². The molecule has 0 amide bonds. The van der Waals surface area contributed by atoms with Crippen molar-refractivity contribution in [1.29, 1.82) is 0 Å².